The molecule has 0 bridgehead atoms. The Hall–Kier alpha value is -1.75. The third-order valence-corrected chi connectivity index (χ3v) is 1.83. The highest BCUT2D eigenvalue weighted by atomic mass is 16.5. The van der Waals surface area contributed by atoms with E-state index in [1.807, 2.05) is 12.3 Å². The van der Waals surface area contributed by atoms with Gasteiger partial charge >= 0.3 is 0 Å². The van der Waals surface area contributed by atoms with Crippen molar-refractivity contribution in [3.05, 3.63) is 24.3 Å². The molecule has 0 saturated heterocycles. The van der Waals surface area contributed by atoms with E-state index >= 15 is 0 Å². The summed E-state index contributed by atoms with van der Waals surface area (Å²) in [7, 11) is 0. The molecule has 5 nitrogen and oxygen atoms in total. The lowest BCUT2D eigenvalue weighted by Crippen LogP contribution is -2.34. The van der Waals surface area contributed by atoms with Gasteiger partial charge in [-0.1, -0.05) is 6.92 Å². The standard InChI is InChI=1S/C11H16N2O3/c1-2-7-15-9-3-5-10(6-4-9)16-8-11(14)13-12/h3-6H,2,7-8,12H2,1H3,(H,13,14). The van der Waals surface area contributed by atoms with Gasteiger partial charge in [-0.15, -0.1) is 0 Å². The first-order valence-electron chi connectivity index (χ1n) is 5.11. The average Bonchev–Trinajstić information content (AvgIpc) is 2.34. The zero-order valence-corrected chi connectivity index (χ0v) is 9.23. The molecule has 1 aromatic rings. The van der Waals surface area contributed by atoms with Gasteiger partial charge in [0.05, 0.1) is 6.61 Å². The van der Waals surface area contributed by atoms with Crippen molar-refractivity contribution < 1.29 is 14.3 Å². The quantitative estimate of drug-likeness (QED) is 0.426. The molecule has 16 heavy (non-hydrogen) atoms. The Bertz CT molecular complexity index is 325. The highest BCUT2D eigenvalue weighted by Gasteiger charge is 2.00. The number of rotatable bonds is 6. The van der Waals surface area contributed by atoms with Crippen LogP contribution in [0.3, 0.4) is 0 Å². The number of carbonyl (C=O) groups excluding carboxylic acids is 1. The Balaban J connectivity index is 2.41. The van der Waals surface area contributed by atoms with E-state index in [1.165, 1.54) is 0 Å². The second-order valence-electron chi connectivity index (χ2n) is 3.18. The van der Waals surface area contributed by atoms with Gasteiger partial charge in [0.25, 0.3) is 5.91 Å². The van der Waals surface area contributed by atoms with E-state index in [0.717, 1.165) is 12.2 Å². The topological polar surface area (TPSA) is 73.6 Å². The third kappa shape index (κ3) is 4.18. The van der Waals surface area contributed by atoms with Crippen LogP contribution in [0.25, 0.3) is 0 Å². The molecule has 0 saturated carbocycles. The van der Waals surface area contributed by atoms with Crippen LogP contribution < -0.4 is 20.7 Å². The summed E-state index contributed by atoms with van der Waals surface area (Å²) in [5.74, 6) is 5.94. The summed E-state index contributed by atoms with van der Waals surface area (Å²) in [5, 5.41) is 0. The first-order chi connectivity index (χ1) is 7.76. The normalized spacial score (nSPS) is 9.62. The van der Waals surface area contributed by atoms with Gasteiger partial charge in [0, 0.05) is 0 Å². The minimum Gasteiger partial charge on any atom is -0.494 e. The van der Waals surface area contributed by atoms with E-state index in [4.69, 9.17) is 15.3 Å². The van der Waals surface area contributed by atoms with Crippen LogP contribution in [0.4, 0.5) is 0 Å². The summed E-state index contributed by atoms with van der Waals surface area (Å²) in [6, 6.07) is 7.08. The Morgan fingerprint density at radius 1 is 1.25 bits per heavy atom. The van der Waals surface area contributed by atoms with Crippen LogP contribution >= 0.6 is 0 Å². The minimum atomic E-state index is -0.369. The molecule has 0 aliphatic heterocycles. The van der Waals surface area contributed by atoms with Crippen LogP contribution in [0, 0.1) is 0 Å². The maximum atomic E-state index is 10.8. The Labute approximate surface area is 94.5 Å². The molecule has 0 aliphatic rings. The highest BCUT2D eigenvalue weighted by molar-refractivity contribution is 5.76. The van der Waals surface area contributed by atoms with Crippen molar-refractivity contribution in [1.82, 2.24) is 5.43 Å². The van der Waals surface area contributed by atoms with Crippen LogP contribution in [-0.4, -0.2) is 19.1 Å². The van der Waals surface area contributed by atoms with E-state index in [-0.39, 0.29) is 12.5 Å². The molecular weight excluding hydrogens is 208 g/mol. The number of benzene rings is 1. The average molecular weight is 224 g/mol. The smallest absolute Gasteiger partial charge is 0.271 e. The van der Waals surface area contributed by atoms with Crippen LogP contribution in [-0.2, 0) is 4.79 Å². The van der Waals surface area contributed by atoms with Gasteiger partial charge in [0.1, 0.15) is 11.5 Å². The predicted molar refractivity (Wildman–Crippen MR) is 60.1 cm³/mol. The lowest BCUT2D eigenvalue weighted by molar-refractivity contribution is -0.123. The van der Waals surface area contributed by atoms with Crippen molar-refractivity contribution in [2.24, 2.45) is 5.84 Å². The lowest BCUT2D eigenvalue weighted by Gasteiger charge is -2.07. The third-order valence-electron chi connectivity index (χ3n) is 1.83. The number of hydrogen-bond donors (Lipinski definition) is 2. The summed E-state index contributed by atoms with van der Waals surface area (Å²) in [6.07, 6.45) is 0.967. The molecule has 1 aromatic carbocycles. The highest BCUT2D eigenvalue weighted by Crippen LogP contribution is 2.17. The molecule has 0 atom stereocenters. The second kappa shape index (κ2) is 6.68. The molecule has 88 valence electrons. The van der Waals surface area contributed by atoms with Crippen molar-refractivity contribution in [3.8, 4) is 11.5 Å². The molecule has 1 amide bonds. The minimum absolute atomic E-state index is 0.0916. The molecule has 0 aliphatic carbocycles. The lowest BCUT2D eigenvalue weighted by atomic mass is 10.3. The molecular formula is C11H16N2O3. The van der Waals surface area contributed by atoms with Gasteiger partial charge in [0.15, 0.2) is 6.61 Å². The summed E-state index contributed by atoms with van der Waals surface area (Å²) < 4.78 is 10.6. The number of nitrogens with two attached hydrogens (primary N) is 1. The zero-order chi connectivity index (χ0) is 11.8. The molecule has 0 unspecified atom stereocenters. The summed E-state index contributed by atoms with van der Waals surface area (Å²) >= 11 is 0. The van der Waals surface area contributed by atoms with Gasteiger partial charge < -0.3 is 9.47 Å². The zero-order valence-electron chi connectivity index (χ0n) is 9.23. The van der Waals surface area contributed by atoms with Crippen LogP contribution in [0.15, 0.2) is 24.3 Å². The second-order valence-corrected chi connectivity index (χ2v) is 3.18. The van der Waals surface area contributed by atoms with Crippen molar-refractivity contribution >= 4 is 5.91 Å². The number of hydrogen-bond acceptors (Lipinski definition) is 4. The number of ether oxygens (including phenoxy) is 2. The molecule has 3 N–H and O–H groups in total. The number of hydrazine groups is 1. The van der Waals surface area contributed by atoms with E-state index in [9.17, 15) is 4.79 Å². The summed E-state index contributed by atoms with van der Waals surface area (Å²) in [4.78, 5) is 10.8. The maximum Gasteiger partial charge on any atom is 0.271 e. The first kappa shape index (κ1) is 12.3. The molecule has 0 aromatic heterocycles. The Kier molecular flexibility index (Phi) is 5.15. The van der Waals surface area contributed by atoms with Crippen molar-refractivity contribution in [2.75, 3.05) is 13.2 Å². The van der Waals surface area contributed by atoms with Gasteiger partial charge in [-0.3, -0.25) is 10.2 Å². The Morgan fingerprint density at radius 3 is 2.31 bits per heavy atom. The number of carbonyl (C=O) groups is 1. The van der Waals surface area contributed by atoms with Crippen LogP contribution in [0.1, 0.15) is 13.3 Å². The summed E-state index contributed by atoms with van der Waals surface area (Å²) in [5.41, 5.74) is 1.99. The molecule has 1 rings (SSSR count). The summed E-state index contributed by atoms with van der Waals surface area (Å²) in [6.45, 7) is 2.64. The van der Waals surface area contributed by atoms with E-state index in [0.29, 0.717) is 12.4 Å². The molecule has 0 heterocycles. The maximum absolute atomic E-state index is 10.8. The van der Waals surface area contributed by atoms with Gasteiger partial charge in [-0.2, -0.15) is 0 Å². The van der Waals surface area contributed by atoms with Gasteiger partial charge in [-0.25, -0.2) is 5.84 Å². The number of nitrogens with one attached hydrogen (secondary N) is 1. The van der Waals surface area contributed by atoms with Crippen LogP contribution in [0.2, 0.25) is 0 Å². The Morgan fingerprint density at radius 2 is 1.81 bits per heavy atom. The first-order valence-corrected chi connectivity index (χ1v) is 5.11. The fourth-order valence-corrected chi connectivity index (χ4v) is 1.04. The SMILES string of the molecule is CCCOc1ccc(OCC(=O)NN)cc1. The van der Waals surface area contributed by atoms with Crippen molar-refractivity contribution in [2.45, 2.75) is 13.3 Å². The predicted octanol–water partition coefficient (Wildman–Crippen LogP) is 0.844. The van der Waals surface area contributed by atoms with E-state index < -0.39 is 0 Å². The molecule has 0 spiro atoms. The van der Waals surface area contributed by atoms with E-state index in [1.54, 1.807) is 24.3 Å². The van der Waals surface area contributed by atoms with Crippen molar-refractivity contribution in [3.63, 3.8) is 0 Å². The molecule has 0 fully saturated rings. The van der Waals surface area contributed by atoms with Gasteiger partial charge in [-0.05, 0) is 30.7 Å². The molecule has 0 radical (unpaired) electrons. The molecule has 5 heteroatoms. The van der Waals surface area contributed by atoms with Gasteiger partial charge in [0.2, 0.25) is 0 Å². The fourth-order valence-electron chi connectivity index (χ4n) is 1.04. The number of amides is 1. The van der Waals surface area contributed by atoms with E-state index in [2.05, 4.69) is 0 Å². The fraction of sp³-hybridized carbons (Fsp3) is 0.364. The largest absolute Gasteiger partial charge is 0.494 e. The van der Waals surface area contributed by atoms with Crippen molar-refractivity contribution in [1.29, 1.82) is 0 Å². The monoisotopic (exact) mass is 224 g/mol. The van der Waals surface area contributed by atoms with Crippen LogP contribution in [0.5, 0.6) is 11.5 Å².